The molecule has 8 nitrogen and oxygen atoms in total. The number of hydrogen-bond donors (Lipinski definition) is 3. The Morgan fingerprint density at radius 3 is 2.39 bits per heavy atom. The highest BCUT2D eigenvalue weighted by atomic mass is 19.4. The number of hydrogen-bond acceptors (Lipinski definition) is 5. The molecule has 0 spiro atoms. The van der Waals surface area contributed by atoms with Crippen molar-refractivity contribution in [3.05, 3.63) is 42.0 Å². The van der Waals surface area contributed by atoms with E-state index in [0.717, 1.165) is 18.8 Å². The van der Waals surface area contributed by atoms with E-state index in [-0.39, 0.29) is 11.9 Å². The van der Waals surface area contributed by atoms with Gasteiger partial charge < -0.3 is 15.3 Å². The number of benzene rings is 1. The van der Waals surface area contributed by atoms with Gasteiger partial charge in [0.1, 0.15) is 12.2 Å². The van der Waals surface area contributed by atoms with Crippen LogP contribution in [0.2, 0.25) is 0 Å². The van der Waals surface area contributed by atoms with Crippen LogP contribution in [-0.2, 0) is 4.79 Å². The molecule has 0 aliphatic carbocycles. The van der Waals surface area contributed by atoms with Crippen molar-refractivity contribution < 1.29 is 27.9 Å². The van der Waals surface area contributed by atoms with Crippen LogP contribution in [0.3, 0.4) is 0 Å². The van der Waals surface area contributed by atoms with E-state index in [9.17, 15) is 18.0 Å². The number of aromatic nitrogens is 3. The molecule has 1 saturated heterocycles. The van der Waals surface area contributed by atoms with Crippen molar-refractivity contribution in [2.75, 3.05) is 18.0 Å². The van der Waals surface area contributed by atoms with Crippen molar-refractivity contribution in [3.8, 4) is 0 Å². The summed E-state index contributed by atoms with van der Waals surface area (Å²) in [4.78, 5) is 27.8. The predicted molar refractivity (Wildman–Crippen MR) is 93.8 cm³/mol. The Balaban J connectivity index is 0.000000345. The first-order valence-corrected chi connectivity index (χ1v) is 8.50. The van der Waals surface area contributed by atoms with Crippen molar-refractivity contribution in [1.82, 2.24) is 20.5 Å². The first kappa shape index (κ1) is 21.2. The number of aliphatic carboxylic acids is 1. The van der Waals surface area contributed by atoms with Crippen molar-refractivity contribution >= 4 is 17.6 Å². The number of aromatic amines is 1. The third-order valence-electron chi connectivity index (χ3n) is 4.03. The number of alkyl halides is 3. The summed E-state index contributed by atoms with van der Waals surface area (Å²) in [6.07, 6.45) is -1.27. The van der Waals surface area contributed by atoms with Gasteiger partial charge in [0.25, 0.3) is 5.91 Å². The highest BCUT2D eigenvalue weighted by molar-refractivity contribution is 6.00. The smallest absolute Gasteiger partial charge is 0.475 e. The Morgan fingerprint density at radius 1 is 1.25 bits per heavy atom. The van der Waals surface area contributed by atoms with Gasteiger partial charge in [-0.25, -0.2) is 9.78 Å². The molecule has 152 valence electrons. The lowest BCUT2D eigenvalue weighted by Crippen LogP contribution is -2.30. The summed E-state index contributed by atoms with van der Waals surface area (Å²) in [6, 6.07) is 7.56. The van der Waals surface area contributed by atoms with Gasteiger partial charge in [0.05, 0.1) is 11.6 Å². The van der Waals surface area contributed by atoms with E-state index >= 15 is 0 Å². The molecule has 1 unspecified atom stereocenters. The first-order chi connectivity index (χ1) is 13.2. The molecule has 0 saturated carbocycles. The monoisotopic (exact) mass is 399 g/mol. The number of rotatable bonds is 4. The fraction of sp³-hybridized carbons (Fsp3) is 0.412. The SMILES string of the molecule is CC(NC(=O)c1ccccc1N1CCCC1)c1ncn[nH]1.O=C(O)C(F)(F)F. The topological polar surface area (TPSA) is 111 Å². The number of amides is 1. The zero-order valence-electron chi connectivity index (χ0n) is 15.0. The van der Waals surface area contributed by atoms with Crippen molar-refractivity contribution in [1.29, 1.82) is 0 Å². The number of nitrogens with one attached hydrogen (secondary N) is 2. The van der Waals surface area contributed by atoms with Gasteiger partial charge in [0.2, 0.25) is 0 Å². The Hall–Kier alpha value is -3.11. The number of halogens is 3. The van der Waals surface area contributed by atoms with E-state index in [1.807, 2.05) is 31.2 Å². The van der Waals surface area contributed by atoms with Gasteiger partial charge in [-0.15, -0.1) is 0 Å². The van der Waals surface area contributed by atoms with Crippen molar-refractivity contribution in [2.24, 2.45) is 0 Å². The molecule has 0 bridgehead atoms. The van der Waals surface area contributed by atoms with E-state index in [2.05, 4.69) is 25.4 Å². The molecular weight excluding hydrogens is 379 g/mol. The van der Waals surface area contributed by atoms with E-state index in [1.165, 1.54) is 19.2 Å². The molecule has 1 aromatic carbocycles. The largest absolute Gasteiger partial charge is 0.490 e. The van der Waals surface area contributed by atoms with Crippen molar-refractivity contribution in [2.45, 2.75) is 32.0 Å². The third kappa shape index (κ3) is 5.69. The van der Waals surface area contributed by atoms with Gasteiger partial charge in [-0.1, -0.05) is 12.1 Å². The second-order valence-corrected chi connectivity index (χ2v) is 6.08. The van der Waals surface area contributed by atoms with Gasteiger partial charge >= 0.3 is 12.1 Å². The Labute approximate surface area is 158 Å². The minimum absolute atomic E-state index is 0.0820. The molecule has 2 heterocycles. The normalized spacial score (nSPS) is 14.8. The highest BCUT2D eigenvalue weighted by Crippen LogP contribution is 2.25. The number of carbonyl (C=O) groups excluding carboxylic acids is 1. The average molecular weight is 399 g/mol. The maximum absolute atomic E-state index is 12.5. The zero-order valence-corrected chi connectivity index (χ0v) is 15.0. The summed E-state index contributed by atoms with van der Waals surface area (Å²) in [7, 11) is 0. The maximum atomic E-state index is 12.5. The molecule has 1 aromatic heterocycles. The molecule has 3 N–H and O–H groups in total. The lowest BCUT2D eigenvalue weighted by molar-refractivity contribution is -0.192. The van der Waals surface area contributed by atoms with Gasteiger partial charge in [-0.05, 0) is 31.9 Å². The minimum atomic E-state index is -5.08. The van der Waals surface area contributed by atoms with Gasteiger partial charge in [0.15, 0.2) is 0 Å². The third-order valence-corrected chi connectivity index (χ3v) is 4.03. The van der Waals surface area contributed by atoms with Crippen LogP contribution in [0.5, 0.6) is 0 Å². The fourth-order valence-corrected chi connectivity index (χ4v) is 2.67. The molecule has 0 radical (unpaired) electrons. The lowest BCUT2D eigenvalue weighted by atomic mass is 10.1. The maximum Gasteiger partial charge on any atom is 0.490 e. The quantitative estimate of drug-likeness (QED) is 0.729. The molecule has 1 aliphatic heterocycles. The first-order valence-electron chi connectivity index (χ1n) is 8.50. The van der Waals surface area contributed by atoms with Gasteiger partial charge in [-0.2, -0.15) is 18.3 Å². The minimum Gasteiger partial charge on any atom is -0.475 e. The number of carbonyl (C=O) groups is 2. The van der Waals surface area contributed by atoms with E-state index in [1.54, 1.807) is 0 Å². The van der Waals surface area contributed by atoms with Gasteiger partial charge in [-0.3, -0.25) is 9.89 Å². The molecule has 1 fully saturated rings. The van der Waals surface area contributed by atoms with Crippen LogP contribution in [0.1, 0.15) is 42.0 Å². The number of nitrogens with zero attached hydrogens (tertiary/aromatic N) is 3. The van der Waals surface area contributed by atoms with Crippen LogP contribution in [0.15, 0.2) is 30.6 Å². The average Bonchev–Trinajstić information content (AvgIpc) is 3.35. The zero-order chi connectivity index (χ0) is 20.7. The van der Waals surface area contributed by atoms with E-state index < -0.39 is 12.1 Å². The van der Waals surface area contributed by atoms with Crippen LogP contribution in [0, 0.1) is 0 Å². The number of carboxylic acids is 1. The molecule has 11 heteroatoms. The standard InChI is InChI=1S/C15H19N5O.C2HF3O2/c1-11(14-16-10-17-19-14)18-15(21)12-6-2-3-7-13(12)20-8-4-5-9-20;3-2(4,5)1(6)7/h2-3,6-7,10-11H,4-5,8-9H2,1H3,(H,18,21)(H,16,17,19);(H,6,7). The Bertz CT molecular complexity index is 790. The van der Waals surface area contributed by atoms with Crippen LogP contribution in [0.4, 0.5) is 18.9 Å². The fourth-order valence-electron chi connectivity index (χ4n) is 2.67. The second kappa shape index (κ2) is 9.20. The molecule has 1 amide bonds. The number of carboxylic acid groups (broad SMARTS) is 1. The van der Waals surface area contributed by atoms with E-state index in [0.29, 0.717) is 11.4 Å². The summed E-state index contributed by atoms with van der Waals surface area (Å²) in [6.45, 7) is 3.92. The highest BCUT2D eigenvalue weighted by Gasteiger charge is 2.38. The van der Waals surface area contributed by atoms with Crippen LogP contribution < -0.4 is 10.2 Å². The summed E-state index contributed by atoms with van der Waals surface area (Å²) >= 11 is 0. The summed E-state index contributed by atoms with van der Waals surface area (Å²) in [5, 5.41) is 16.7. The summed E-state index contributed by atoms with van der Waals surface area (Å²) in [5.74, 6) is -2.18. The van der Waals surface area contributed by atoms with Gasteiger partial charge in [0, 0.05) is 18.8 Å². The van der Waals surface area contributed by atoms with Crippen LogP contribution >= 0.6 is 0 Å². The Morgan fingerprint density at radius 2 is 1.86 bits per heavy atom. The lowest BCUT2D eigenvalue weighted by Gasteiger charge is -2.21. The molecule has 1 aliphatic rings. The summed E-state index contributed by atoms with van der Waals surface area (Å²) < 4.78 is 31.7. The second-order valence-electron chi connectivity index (χ2n) is 6.08. The number of anilines is 1. The molecule has 2 aromatic rings. The molecular formula is C17H20F3N5O3. The molecule has 28 heavy (non-hydrogen) atoms. The summed E-state index contributed by atoms with van der Waals surface area (Å²) in [5.41, 5.74) is 1.73. The predicted octanol–water partition coefficient (Wildman–Crippen LogP) is 2.53. The van der Waals surface area contributed by atoms with Crippen LogP contribution in [-0.4, -0.2) is 51.4 Å². The van der Waals surface area contributed by atoms with Crippen molar-refractivity contribution in [3.63, 3.8) is 0 Å². The molecule has 3 rings (SSSR count). The van der Waals surface area contributed by atoms with E-state index in [4.69, 9.17) is 9.90 Å². The number of H-pyrrole nitrogens is 1. The Kier molecular flexibility index (Phi) is 6.96. The molecule has 1 atom stereocenters. The number of para-hydroxylation sites is 1. The van der Waals surface area contributed by atoms with Crippen LogP contribution in [0.25, 0.3) is 0 Å².